The van der Waals surface area contributed by atoms with Crippen molar-refractivity contribution in [3.63, 3.8) is 0 Å². The number of hydrogen-bond acceptors (Lipinski definition) is 2. The van der Waals surface area contributed by atoms with Gasteiger partial charge in [-0.3, -0.25) is 9.59 Å². The second-order valence-electron chi connectivity index (χ2n) is 1.64. The molecule has 5 heteroatoms. The van der Waals surface area contributed by atoms with Crippen LogP contribution >= 0.6 is 0 Å². The van der Waals surface area contributed by atoms with E-state index in [1.165, 1.54) is 0 Å². The van der Waals surface area contributed by atoms with Crippen LogP contribution in [0.25, 0.3) is 0 Å². The first kappa shape index (κ1) is 12.4. The number of hydrogen-bond donors (Lipinski definition) is 2. The first-order valence-electron chi connectivity index (χ1n) is 2.56. The smallest absolute Gasteiger partial charge is 1.00 e. The van der Waals surface area contributed by atoms with E-state index in [4.69, 9.17) is 10.2 Å². The van der Waals surface area contributed by atoms with E-state index >= 15 is 0 Å². The van der Waals surface area contributed by atoms with E-state index in [0.29, 0.717) is 0 Å². The molecule has 0 saturated heterocycles. The van der Waals surface area contributed by atoms with Crippen molar-refractivity contribution in [3.05, 3.63) is 0 Å². The van der Waals surface area contributed by atoms with Crippen LogP contribution in [0.5, 0.6) is 0 Å². The number of rotatable bonds is 4. The summed E-state index contributed by atoms with van der Waals surface area (Å²) in [5, 5.41) is 16.1. The Morgan fingerprint density at radius 3 is 1.60 bits per heavy atom. The zero-order valence-electron chi connectivity index (χ0n) is 7.54. The summed E-state index contributed by atoms with van der Waals surface area (Å²) < 4.78 is 0. The van der Waals surface area contributed by atoms with Crippen LogP contribution in [0.2, 0.25) is 0 Å². The van der Waals surface area contributed by atoms with Gasteiger partial charge in [0.1, 0.15) is 0 Å². The maximum absolute atomic E-state index is 9.79. The number of carboxylic acids is 2. The Morgan fingerprint density at radius 1 is 1.10 bits per heavy atom. The molecule has 0 bridgehead atoms. The van der Waals surface area contributed by atoms with Gasteiger partial charge >= 0.3 is 35.0 Å². The molecule has 0 aromatic heterocycles. The van der Waals surface area contributed by atoms with Gasteiger partial charge in [0.05, 0.1) is 0 Å². The molecule has 56 valence electrons. The Labute approximate surface area is 77.4 Å². The maximum atomic E-state index is 9.79. The summed E-state index contributed by atoms with van der Waals surface area (Å²) in [6.45, 7) is 0. The molecule has 0 aliphatic rings. The van der Waals surface area contributed by atoms with Gasteiger partial charge in [-0.25, -0.2) is 0 Å². The molecule has 0 radical (unpaired) electrons. The molecule has 0 spiro atoms. The molecule has 0 heterocycles. The van der Waals surface area contributed by atoms with Crippen molar-refractivity contribution in [1.29, 1.82) is 0 Å². The quantitative estimate of drug-likeness (QED) is 0.572. The van der Waals surface area contributed by atoms with Crippen molar-refractivity contribution >= 4 is 35.0 Å². The van der Waals surface area contributed by atoms with Crippen LogP contribution in [-0.4, -0.2) is 45.2 Å². The monoisotopic (exact) mass is 158 g/mol. The van der Waals surface area contributed by atoms with Gasteiger partial charge in [-0.2, -0.15) is 0 Å². The van der Waals surface area contributed by atoms with Crippen molar-refractivity contribution < 1.29 is 22.7 Å². The summed E-state index contributed by atoms with van der Waals surface area (Å²) in [6, 6.07) is 0. The molecule has 0 unspecified atom stereocenters. The van der Waals surface area contributed by atoms with Crippen LogP contribution in [0, 0.1) is 0 Å². The van der Waals surface area contributed by atoms with Crippen LogP contribution < -0.4 is 0 Å². The Hall–Kier alpha value is -0.294. The van der Waals surface area contributed by atoms with Crippen molar-refractivity contribution in [2.45, 2.75) is 19.3 Å². The van der Waals surface area contributed by atoms with Crippen LogP contribution in [0.3, 0.4) is 0 Å². The topological polar surface area (TPSA) is 74.6 Å². The van der Waals surface area contributed by atoms with E-state index in [1.807, 2.05) is 0 Å². The predicted molar refractivity (Wildman–Crippen MR) is 37.1 cm³/mol. The fourth-order valence-electron chi connectivity index (χ4n) is 0.391. The van der Waals surface area contributed by atoms with Crippen LogP contribution in [-0.2, 0) is 9.59 Å². The molecule has 0 aromatic rings. The van der Waals surface area contributed by atoms with Gasteiger partial charge < -0.3 is 13.1 Å². The summed E-state index contributed by atoms with van der Waals surface area (Å²) in [4.78, 5) is 19.6. The first-order valence-corrected chi connectivity index (χ1v) is 2.56. The molecule has 0 fully saturated rings. The van der Waals surface area contributed by atoms with Gasteiger partial charge in [-0.1, -0.05) is 0 Å². The zero-order valence-corrected chi connectivity index (χ0v) is 6.95. The number of carboxylic acid groups (broad SMARTS) is 2. The van der Waals surface area contributed by atoms with Gasteiger partial charge in [0.25, 0.3) is 0 Å². The Morgan fingerprint density at radius 2 is 1.40 bits per heavy atom. The molecular formula is C5H10MgO4. The van der Waals surface area contributed by atoms with Gasteiger partial charge in [0.2, 0.25) is 0 Å². The van der Waals surface area contributed by atoms with Gasteiger partial charge in [0, 0.05) is 12.8 Å². The second-order valence-corrected chi connectivity index (χ2v) is 1.64. The summed E-state index contributed by atoms with van der Waals surface area (Å²) in [6.07, 6.45) is 0.0866. The standard InChI is InChI=1S/C5H8O4.Mg.2H/c6-4(7)2-1-3-5(8)9;;;/h1-3H2,(H,6,7)(H,8,9);;;/q;+2;2*-1. The molecule has 10 heavy (non-hydrogen) atoms. The van der Waals surface area contributed by atoms with Crippen LogP contribution in [0.15, 0.2) is 0 Å². The van der Waals surface area contributed by atoms with Gasteiger partial charge in [-0.05, 0) is 6.42 Å². The van der Waals surface area contributed by atoms with E-state index in [1.54, 1.807) is 0 Å². The van der Waals surface area contributed by atoms with Crippen molar-refractivity contribution in [2.75, 3.05) is 0 Å². The third-order valence-corrected chi connectivity index (χ3v) is 0.781. The number of aliphatic carboxylic acids is 2. The van der Waals surface area contributed by atoms with E-state index in [0.717, 1.165) is 0 Å². The van der Waals surface area contributed by atoms with Crippen molar-refractivity contribution in [1.82, 2.24) is 0 Å². The van der Waals surface area contributed by atoms with E-state index in [-0.39, 0.29) is 45.2 Å². The van der Waals surface area contributed by atoms with E-state index in [9.17, 15) is 9.59 Å². The summed E-state index contributed by atoms with van der Waals surface area (Å²) in [5.41, 5.74) is 0. The molecule has 0 aliphatic carbocycles. The molecule has 0 aliphatic heterocycles. The largest absolute Gasteiger partial charge is 2.00 e. The molecule has 0 atom stereocenters. The second kappa shape index (κ2) is 6.82. The molecule has 0 amide bonds. The Kier molecular flexibility index (Phi) is 8.45. The summed E-state index contributed by atoms with van der Waals surface area (Å²) in [5.74, 6) is -1.90. The molecule has 0 rings (SSSR count). The minimum atomic E-state index is -0.948. The fourth-order valence-corrected chi connectivity index (χ4v) is 0.391. The van der Waals surface area contributed by atoms with Crippen molar-refractivity contribution in [2.24, 2.45) is 0 Å². The maximum Gasteiger partial charge on any atom is 2.00 e. The molecular weight excluding hydrogens is 148 g/mol. The molecule has 4 nitrogen and oxygen atoms in total. The molecule has 2 N–H and O–H groups in total. The van der Waals surface area contributed by atoms with E-state index < -0.39 is 11.9 Å². The van der Waals surface area contributed by atoms with Crippen LogP contribution in [0.4, 0.5) is 0 Å². The zero-order chi connectivity index (χ0) is 7.28. The average Bonchev–Trinajstić information content (AvgIpc) is 1.63. The SMILES string of the molecule is O=C(O)CCCC(=O)O.[H-].[H-].[Mg+2]. The normalized spacial score (nSPS) is 8.00. The van der Waals surface area contributed by atoms with E-state index in [2.05, 4.69) is 0 Å². The average molecular weight is 158 g/mol. The minimum Gasteiger partial charge on any atom is -1.00 e. The number of carbonyl (C=O) groups is 2. The summed E-state index contributed by atoms with van der Waals surface area (Å²) >= 11 is 0. The third kappa shape index (κ3) is 10.6. The minimum absolute atomic E-state index is 0. The fraction of sp³-hybridized carbons (Fsp3) is 0.600. The first-order chi connectivity index (χ1) is 4.13. The third-order valence-electron chi connectivity index (χ3n) is 0.781. The Balaban J connectivity index is -0.000000107. The predicted octanol–water partition coefficient (Wildman–Crippen LogP) is 0.170. The Bertz CT molecular complexity index is 117. The molecule has 0 saturated carbocycles. The summed E-state index contributed by atoms with van der Waals surface area (Å²) in [7, 11) is 0. The van der Waals surface area contributed by atoms with Gasteiger partial charge in [-0.15, -0.1) is 0 Å². The van der Waals surface area contributed by atoms with Crippen molar-refractivity contribution in [3.8, 4) is 0 Å². The molecule has 0 aromatic carbocycles. The van der Waals surface area contributed by atoms with Crippen LogP contribution in [0.1, 0.15) is 22.1 Å². The van der Waals surface area contributed by atoms with Gasteiger partial charge in [0.15, 0.2) is 0 Å².